The number of benzene rings is 1. The van der Waals surface area contributed by atoms with Crippen LogP contribution in [-0.2, 0) is 24.5 Å². The Balaban J connectivity index is 1.40. The minimum Gasteiger partial charge on any atom is -0.481 e. The van der Waals surface area contributed by atoms with Gasteiger partial charge in [0.05, 0.1) is 19.1 Å². The van der Waals surface area contributed by atoms with Gasteiger partial charge in [0.25, 0.3) is 5.91 Å². The molecular formula is C24H28N6O4. The molecule has 3 aromatic rings. The summed E-state index contributed by atoms with van der Waals surface area (Å²) in [5, 5.41) is 34.1. The highest BCUT2D eigenvalue weighted by molar-refractivity contribution is 5.93. The van der Waals surface area contributed by atoms with Crippen LogP contribution in [0.15, 0.2) is 36.4 Å². The topological polar surface area (TPSA) is 143 Å². The van der Waals surface area contributed by atoms with Crippen LogP contribution in [0.2, 0.25) is 0 Å². The minimum absolute atomic E-state index is 0.0537. The number of hydrogen-bond acceptors (Lipinski definition) is 7. The summed E-state index contributed by atoms with van der Waals surface area (Å²) in [4.78, 5) is 29.8. The fourth-order valence-corrected chi connectivity index (χ4v) is 4.28. The number of carboxylic acids is 1. The summed E-state index contributed by atoms with van der Waals surface area (Å²) >= 11 is 0. The summed E-state index contributed by atoms with van der Waals surface area (Å²) in [6.45, 7) is 2.65. The average molecular weight is 465 g/mol. The van der Waals surface area contributed by atoms with Crippen molar-refractivity contribution < 1.29 is 19.8 Å². The summed E-state index contributed by atoms with van der Waals surface area (Å²) in [5.41, 5.74) is 3.24. The van der Waals surface area contributed by atoms with E-state index in [4.69, 9.17) is 5.11 Å². The van der Waals surface area contributed by atoms with E-state index in [-0.39, 0.29) is 24.1 Å². The molecular weight excluding hydrogens is 436 g/mol. The summed E-state index contributed by atoms with van der Waals surface area (Å²) in [7, 11) is 0. The molecule has 3 N–H and O–H groups in total. The zero-order valence-corrected chi connectivity index (χ0v) is 19.0. The number of hydrogen-bond donors (Lipinski definition) is 3. The second-order valence-electron chi connectivity index (χ2n) is 8.77. The van der Waals surface area contributed by atoms with Crippen molar-refractivity contribution in [1.82, 2.24) is 30.5 Å². The molecule has 0 atom stereocenters. The number of aliphatic hydroxyl groups is 1. The molecule has 2 heterocycles. The molecule has 1 saturated carbocycles. The summed E-state index contributed by atoms with van der Waals surface area (Å²) < 4.78 is 0. The van der Waals surface area contributed by atoms with Gasteiger partial charge in [0.2, 0.25) is 5.82 Å². The van der Waals surface area contributed by atoms with Crippen LogP contribution in [-0.4, -0.2) is 47.3 Å². The van der Waals surface area contributed by atoms with Crippen LogP contribution in [0.25, 0.3) is 11.4 Å². The van der Waals surface area contributed by atoms with Crippen LogP contribution < -0.4 is 5.32 Å². The Morgan fingerprint density at radius 2 is 1.88 bits per heavy atom. The number of aromatic nitrogens is 5. The number of rotatable bonds is 8. The second-order valence-corrected chi connectivity index (χ2v) is 8.77. The lowest BCUT2D eigenvalue weighted by Gasteiger charge is -2.25. The van der Waals surface area contributed by atoms with E-state index >= 15 is 0 Å². The van der Waals surface area contributed by atoms with Gasteiger partial charge in [0.15, 0.2) is 0 Å². The molecule has 0 radical (unpaired) electrons. The predicted molar refractivity (Wildman–Crippen MR) is 122 cm³/mol. The van der Waals surface area contributed by atoms with Gasteiger partial charge in [-0.3, -0.25) is 9.59 Å². The van der Waals surface area contributed by atoms with Gasteiger partial charge in [0, 0.05) is 17.8 Å². The molecule has 0 bridgehead atoms. The molecule has 10 heteroatoms. The highest BCUT2D eigenvalue weighted by Gasteiger charge is 2.26. The third-order valence-corrected chi connectivity index (χ3v) is 6.14. The number of amides is 1. The van der Waals surface area contributed by atoms with Crippen LogP contribution in [0.3, 0.4) is 0 Å². The molecule has 0 saturated heterocycles. The Morgan fingerprint density at radius 1 is 1.12 bits per heavy atom. The number of carbonyl (C=O) groups excluding carboxylic acids is 1. The standard InChI is InChI=1S/C24H28N6O4/c1-15-9-20(11-21(26-15)23(32)25-12-17-3-2-4-18(10-17)14-31)22-27-29-30(28-22)13-16-5-7-19(8-6-16)24(33)34/h2-4,9-11,16,19,31H,5-8,12-14H2,1H3,(H,25,32)(H,33,34)/t16-,19-. The van der Waals surface area contributed by atoms with Crippen molar-refractivity contribution >= 4 is 11.9 Å². The van der Waals surface area contributed by atoms with Crippen LogP contribution in [0, 0.1) is 18.8 Å². The molecule has 1 aromatic carbocycles. The van der Waals surface area contributed by atoms with Gasteiger partial charge in [-0.25, -0.2) is 4.98 Å². The Labute approximate surface area is 197 Å². The number of aryl methyl sites for hydroxylation is 1. The second kappa shape index (κ2) is 10.5. The zero-order valence-electron chi connectivity index (χ0n) is 19.0. The van der Waals surface area contributed by atoms with Gasteiger partial charge in [-0.1, -0.05) is 24.3 Å². The van der Waals surface area contributed by atoms with Crippen molar-refractivity contribution in [3.8, 4) is 11.4 Å². The van der Waals surface area contributed by atoms with E-state index in [2.05, 4.69) is 25.7 Å². The molecule has 1 fully saturated rings. The van der Waals surface area contributed by atoms with E-state index in [0.717, 1.165) is 24.0 Å². The maximum atomic E-state index is 12.7. The van der Waals surface area contributed by atoms with Crippen molar-refractivity contribution in [3.05, 3.63) is 58.9 Å². The van der Waals surface area contributed by atoms with Gasteiger partial charge in [-0.2, -0.15) is 4.80 Å². The normalized spacial score (nSPS) is 17.9. The van der Waals surface area contributed by atoms with Gasteiger partial charge in [-0.15, -0.1) is 10.2 Å². The summed E-state index contributed by atoms with van der Waals surface area (Å²) in [6.07, 6.45) is 3.00. The molecule has 34 heavy (non-hydrogen) atoms. The van der Waals surface area contributed by atoms with Crippen LogP contribution in [0.4, 0.5) is 0 Å². The minimum atomic E-state index is -0.716. The summed E-state index contributed by atoms with van der Waals surface area (Å²) in [6, 6.07) is 10.8. The Morgan fingerprint density at radius 3 is 2.62 bits per heavy atom. The van der Waals surface area contributed by atoms with Crippen molar-refractivity contribution in [1.29, 1.82) is 0 Å². The molecule has 0 spiro atoms. The fraction of sp³-hybridized carbons (Fsp3) is 0.417. The van der Waals surface area contributed by atoms with E-state index in [0.29, 0.717) is 48.9 Å². The van der Waals surface area contributed by atoms with Gasteiger partial charge in [-0.05, 0) is 67.0 Å². The first-order valence-electron chi connectivity index (χ1n) is 11.4. The Kier molecular flexibility index (Phi) is 7.27. The lowest BCUT2D eigenvalue weighted by atomic mass is 9.82. The Hall–Kier alpha value is -3.66. The van der Waals surface area contributed by atoms with E-state index in [1.54, 1.807) is 23.9 Å². The maximum absolute atomic E-state index is 12.7. The SMILES string of the molecule is Cc1cc(-c2nnn(C[C@H]3CC[C@H](C(=O)O)CC3)n2)cc(C(=O)NCc2cccc(CO)c2)n1. The van der Waals surface area contributed by atoms with Gasteiger partial charge >= 0.3 is 5.97 Å². The van der Waals surface area contributed by atoms with Crippen LogP contribution >= 0.6 is 0 Å². The third-order valence-electron chi connectivity index (χ3n) is 6.14. The average Bonchev–Trinajstić information content (AvgIpc) is 3.31. The monoisotopic (exact) mass is 464 g/mol. The zero-order chi connectivity index (χ0) is 24.1. The fourth-order valence-electron chi connectivity index (χ4n) is 4.28. The molecule has 0 aliphatic heterocycles. The first-order valence-corrected chi connectivity index (χ1v) is 11.4. The lowest BCUT2D eigenvalue weighted by Crippen LogP contribution is -2.24. The number of pyridine rings is 1. The number of aliphatic carboxylic acids is 1. The summed E-state index contributed by atoms with van der Waals surface area (Å²) in [5.74, 6) is -0.552. The largest absolute Gasteiger partial charge is 0.481 e. The van der Waals surface area contributed by atoms with Gasteiger partial charge in [0.1, 0.15) is 5.69 Å². The molecule has 178 valence electrons. The van der Waals surface area contributed by atoms with E-state index in [9.17, 15) is 14.7 Å². The maximum Gasteiger partial charge on any atom is 0.306 e. The van der Waals surface area contributed by atoms with E-state index in [1.165, 1.54) is 0 Å². The quantitative estimate of drug-likeness (QED) is 0.461. The molecule has 10 nitrogen and oxygen atoms in total. The number of nitrogens with one attached hydrogen (secondary N) is 1. The van der Waals surface area contributed by atoms with Crippen LogP contribution in [0.1, 0.15) is 53.0 Å². The number of tetrazole rings is 1. The van der Waals surface area contributed by atoms with E-state index < -0.39 is 5.97 Å². The molecule has 2 aromatic heterocycles. The molecule has 1 aliphatic carbocycles. The van der Waals surface area contributed by atoms with Crippen molar-refractivity contribution in [2.24, 2.45) is 11.8 Å². The van der Waals surface area contributed by atoms with Crippen LogP contribution in [0.5, 0.6) is 0 Å². The first-order chi connectivity index (χ1) is 16.4. The van der Waals surface area contributed by atoms with Crippen molar-refractivity contribution in [2.75, 3.05) is 0 Å². The lowest BCUT2D eigenvalue weighted by molar-refractivity contribution is -0.143. The molecule has 4 rings (SSSR count). The Bertz CT molecular complexity index is 1170. The van der Waals surface area contributed by atoms with Crippen molar-refractivity contribution in [3.63, 3.8) is 0 Å². The number of carbonyl (C=O) groups is 2. The smallest absolute Gasteiger partial charge is 0.306 e. The number of carboxylic acid groups (broad SMARTS) is 1. The molecule has 1 amide bonds. The number of nitrogens with zero attached hydrogens (tertiary/aromatic N) is 5. The highest BCUT2D eigenvalue weighted by atomic mass is 16.4. The predicted octanol–water partition coefficient (Wildman–Crippen LogP) is 2.36. The molecule has 1 aliphatic rings. The van der Waals surface area contributed by atoms with Gasteiger partial charge < -0.3 is 15.5 Å². The first kappa shape index (κ1) is 23.5. The molecule has 0 unspecified atom stereocenters. The van der Waals surface area contributed by atoms with Crippen molar-refractivity contribution in [2.45, 2.75) is 52.3 Å². The third kappa shape index (κ3) is 5.82. The van der Waals surface area contributed by atoms with E-state index in [1.807, 2.05) is 24.3 Å². The number of aliphatic hydroxyl groups excluding tert-OH is 1. The highest BCUT2D eigenvalue weighted by Crippen LogP contribution is 2.29.